The van der Waals surface area contributed by atoms with E-state index >= 15 is 0 Å². The number of carbonyl (C=O) groups is 2. The van der Waals surface area contributed by atoms with Crippen molar-refractivity contribution in [3.05, 3.63) is 12.2 Å². The molecule has 206 valence electrons. The van der Waals surface area contributed by atoms with E-state index in [0.29, 0.717) is 64.6 Å². The third kappa shape index (κ3) is 14.3. The molecule has 0 saturated carbocycles. The summed E-state index contributed by atoms with van der Waals surface area (Å²) in [6.45, 7) is 18.2. The van der Waals surface area contributed by atoms with Crippen molar-refractivity contribution in [1.29, 1.82) is 0 Å². The van der Waals surface area contributed by atoms with Crippen LogP contribution in [0.25, 0.3) is 0 Å². The third-order valence-corrected chi connectivity index (χ3v) is 10.9. The minimum absolute atomic E-state index is 0.0413. The lowest BCUT2D eigenvalue weighted by Gasteiger charge is -2.28. The SMILES string of the molecule is C=C(CC(=O)OCCC[Si](OCC)(OCC)OCC)C(=O)OCCC[Si](OCC)(OCC)OCC. The molecule has 12 heteroatoms. The number of rotatable bonds is 23. The largest absolute Gasteiger partial charge is 0.501 e. The van der Waals surface area contributed by atoms with Crippen molar-refractivity contribution < 1.29 is 45.6 Å². The van der Waals surface area contributed by atoms with Crippen molar-refractivity contribution in [2.45, 2.75) is 72.9 Å². The Kier molecular flexibility index (Phi) is 19.3. The Bertz CT molecular complexity index is 569. The first-order chi connectivity index (χ1) is 16.8. The molecule has 0 unspecified atom stereocenters. The number of hydrogen-bond acceptors (Lipinski definition) is 10. The van der Waals surface area contributed by atoms with Gasteiger partial charge in [0.15, 0.2) is 0 Å². The second-order valence-electron chi connectivity index (χ2n) is 7.31. The Morgan fingerprint density at radius 1 is 0.600 bits per heavy atom. The summed E-state index contributed by atoms with van der Waals surface area (Å²) in [4.78, 5) is 24.3. The van der Waals surface area contributed by atoms with Crippen molar-refractivity contribution in [1.82, 2.24) is 0 Å². The summed E-state index contributed by atoms with van der Waals surface area (Å²) in [6, 6.07) is 1.06. The van der Waals surface area contributed by atoms with E-state index in [-0.39, 0.29) is 25.2 Å². The van der Waals surface area contributed by atoms with Crippen LogP contribution in [0.3, 0.4) is 0 Å². The van der Waals surface area contributed by atoms with Gasteiger partial charge in [-0.05, 0) is 54.4 Å². The van der Waals surface area contributed by atoms with Gasteiger partial charge in [-0.2, -0.15) is 0 Å². The molecule has 0 saturated heterocycles. The average Bonchev–Trinajstić information content (AvgIpc) is 2.80. The number of ether oxygens (including phenoxy) is 2. The molecule has 0 aromatic heterocycles. The first kappa shape index (κ1) is 33.9. The predicted molar refractivity (Wildman–Crippen MR) is 136 cm³/mol. The van der Waals surface area contributed by atoms with Crippen LogP contribution < -0.4 is 0 Å². The molecule has 0 aliphatic carbocycles. The second-order valence-corrected chi connectivity index (χ2v) is 12.8. The fraction of sp³-hybridized carbons (Fsp3) is 0.826. The molecule has 0 radical (unpaired) electrons. The summed E-state index contributed by atoms with van der Waals surface area (Å²) in [7, 11) is -5.55. The molecule has 0 aliphatic heterocycles. The zero-order valence-corrected chi connectivity index (χ0v) is 24.5. The highest BCUT2D eigenvalue weighted by Gasteiger charge is 2.40. The molecule has 0 aromatic rings. The Balaban J connectivity index is 4.41. The number of carbonyl (C=O) groups excluding carboxylic acids is 2. The molecule has 0 bridgehead atoms. The van der Waals surface area contributed by atoms with E-state index in [9.17, 15) is 9.59 Å². The Hall–Kier alpha value is -1.13. The third-order valence-electron chi connectivity index (χ3n) is 4.58. The Morgan fingerprint density at radius 2 is 0.943 bits per heavy atom. The highest BCUT2D eigenvalue weighted by atomic mass is 28.4. The monoisotopic (exact) mass is 538 g/mol. The maximum absolute atomic E-state index is 12.2. The summed E-state index contributed by atoms with van der Waals surface area (Å²) in [5.74, 6) is -1.17. The molecule has 10 nitrogen and oxygen atoms in total. The van der Waals surface area contributed by atoms with Crippen molar-refractivity contribution >= 4 is 29.5 Å². The first-order valence-electron chi connectivity index (χ1n) is 12.6. The maximum Gasteiger partial charge on any atom is 0.501 e. The molecule has 0 spiro atoms. The van der Waals surface area contributed by atoms with Crippen LogP contribution in [0.1, 0.15) is 60.8 Å². The Morgan fingerprint density at radius 3 is 1.29 bits per heavy atom. The van der Waals surface area contributed by atoms with Gasteiger partial charge in [0.25, 0.3) is 0 Å². The minimum atomic E-state index is -2.78. The normalized spacial score (nSPS) is 11.9. The average molecular weight is 539 g/mol. The lowest BCUT2D eigenvalue weighted by Crippen LogP contribution is -2.46. The molecule has 0 aliphatic rings. The molecule has 0 atom stereocenters. The van der Waals surface area contributed by atoms with Gasteiger partial charge >= 0.3 is 29.5 Å². The summed E-state index contributed by atoms with van der Waals surface area (Å²) in [5, 5.41) is 0. The van der Waals surface area contributed by atoms with Crippen LogP contribution in [0.2, 0.25) is 12.1 Å². The first-order valence-corrected chi connectivity index (χ1v) is 16.5. The van der Waals surface area contributed by atoms with Gasteiger partial charge in [0.1, 0.15) is 0 Å². The van der Waals surface area contributed by atoms with E-state index in [1.807, 2.05) is 41.5 Å². The van der Waals surface area contributed by atoms with Crippen LogP contribution in [-0.4, -0.2) is 82.4 Å². The summed E-state index contributed by atoms with van der Waals surface area (Å²) in [5.41, 5.74) is 0.0413. The van der Waals surface area contributed by atoms with E-state index < -0.39 is 29.5 Å². The van der Waals surface area contributed by atoms with Gasteiger partial charge in [-0.15, -0.1) is 0 Å². The van der Waals surface area contributed by atoms with Crippen LogP contribution >= 0.6 is 0 Å². The number of hydrogen-bond donors (Lipinski definition) is 0. The van der Waals surface area contributed by atoms with Gasteiger partial charge in [0, 0.05) is 57.3 Å². The molecular formula is C23H46O10Si2. The molecular weight excluding hydrogens is 492 g/mol. The van der Waals surface area contributed by atoms with Gasteiger partial charge in [0.05, 0.1) is 19.6 Å². The van der Waals surface area contributed by atoms with Crippen molar-refractivity contribution in [2.75, 3.05) is 52.9 Å². The topological polar surface area (TPSA) is 108 Å². The summed E-state index contributed by atoms with van der Waals surface area (Å²) >= 11 is 0. The number of esters is 2. The van der Waals surface area contributed by atoms with E-state index in [2.05, 4.69) is 6.58 Å². The van der Waals surface area contributed by atoms with Gasteiger partial charge in [0.2, 0.25) is 0 Å². The van der Waals surface area contributed by atoms with Gasteiger partial charge in [-0.25, -0.2) is 4.79 Å². The smallest absolute Gasteiger partial charge is 0.465 e. The highest BCUT2D eigenvalue weighted by Crippen LogP contribution is 2.19. The standard InChI is InChI=1S/C23H46O10Si2/c1-8-28-34(29-9-2,30-10-3)18-14-16-26-22(24)20-21(7)23(25)27-17-15-19-35(31-11-4,32-12-5)33-13-6/h7-20H2,1-6H3. The molecule has 35 heavy (non-hydrogen) atoms. The van der Waals surface area contributed by atoms with Gasteiger partial charge in [-0.1, -0.05) is 6.58 Å². The molecule has 0 fully saturated rings. The van der Waals surface area contributed by atoms with Crippen molar-refractivity contribution in [2.24, 2.45) is 0 Å². The molecule has 0 aromatic carbocycles. The fourth-order valence-electron chi connectivity index (χ4n) is 3.33. The molecule has 0 N–H and O–H groups in total. The van der Waals surface area contributed by atoms with Crippen LogP contribution in [0.4, 0.5) is 0 Å². The van der Waals surface area contributed by atoms with Crippen LogP contribution in [0, 0.1) is 0 Å². The van der Waals surface area contributed by atoms with E-state index in [1.165, 1.54) is 0 Å². The predicted octanol–water partition coefficient (Wildman–Crippen LogP) is 3.90. The molecule has 0 rings (SSSR count). The van der Waals surface area contributed by atoms with Gasteiger partial charge < -0.3 is 36.0 Å². The van der Waals surface area contributed by atoms with Crippen LogP contribution in [-0.2, 0) is 45.6 Å². The highest BCUT2D eigenvalue weighted by molar-refractivity contribution is 6.61. The van der Waals surface area contributed by atoms with Crippen LogP contribution in [0.5, 0.6) is 0 Å². The molecule has 0 amide bonds. The lowest BCUT2D eigenvalue weighted by atomic mass is 10.2. The summed E-state index contributed by atoms with van der Waals surface area (Å²) in [6.07, 6.45) is 0.806. The quantitative estimate of drug-likeness (QED) is 0.0822. The maximum atomic E-state index is 12.2. The fourth-order valence-corrected chi connectivity index (χ4v) is 8.49. The van der Waals surface area contributed by atoms with Crippen LogP contribution in [0.15, 0.2) is 12.2 Å². The zero-order chi connectivity index (χ0) is 26.6. The van der Waals surface area contributed by atoms with Gasteiger partial charge in [-0.3, -0.25) is 4.79 Å². The zero-order valence-electron chi connectivity index (χ0n) is 22.5. The Labute approximate surface area is 213 Å². The lowest BCUT2D eigenvalue weighted by molar-refractivity contribution is -0.146. The molecule has 0 heterocycles. The van der Waals surface area contributed by atoms with E-state index in [1.54, 1.807) is 0 Å². The van der Waals surface area contributed by atoms with Crippen molar-refractivity contribution in [3.63, 3.8) is 0 Å². The van der Waals surface area contributed by atoms with E-state index in [0.717, 1.165) is 0 Å². The van der Waals surface area contributed by atoms with Crippen molar-refractivity contribution in [3.8, 4) is 0 Å². The minimum Gasteiger partial charge on any atom is -0.465 e. The second kappa shape index (κ2) is 20.0. The summed E-state index contributed by atoms with van der Waals surface area (Å²) < 4.78 is 45.2. The van der Waals surface area contributed by atoms with E-state index in [4.69, 9.17) is 36.0 Å².